The lowest BCUT2D eigenvalue weighted by atomic mass is 10.0. The molecular weight excluding hydrogens is 407 g/mol. The number of ether oxygens (including phenoxy) is 1. The summed E-state index contributed by atoms with van der Waals surface area (Å²) in [5, 5.41) is 7.25. The minimum Gasteiger partial charge on any atom is -0.482 e. The third-order valence-corrected chi connectivity index (χ3v) is 4.87. The van der Waals surface area contributed by atoms with E-state index >= 15 is 0 Å². The Bertz CT molecular complexity index is 1030. The molecule has 0 saturated heterocycles. The van der Waals surface area contributed by atoms with Gasteiger partial charge in [-0.25, -0.2) is 5.43 Å². The van der Waals surface area contributed by atoms with Crippen LogP contribution in [-0.2, 0) is 4.79 Å². The van der Waals surface area contributed by atoms with Gasteiger partial charge in [-0.3, -0.25) is 4.79 Å². The summed E-state index contributed by atoms with van der Waals surface area (Å²) in [6, 6.07) is 16.9. The molecule has 0 radical (unpaired) electrons. The summed E-state index contributed by atoms with van der Waals surface area (Å²) in [5.74, 6) is -0.145. The van der Waals surface area contributed by atoms with E-state index in [1.165, 1.54) is 12.1 Å². The molecule has 138 valence electrons. The van der Waals surface area contributed by atoms with E-state index in [4.69, 9.17) is 39.5 Å². The normalized spacial score (nSPS) is 11.5. The Labute approximate surface area is 171 Å². The highest BCUT2D eigenvalue weighted by atomic mass is 35.5. The fourth-order valence-corrected chi connectivity index (χ4v) is 3.01. The lowest BCUT2D eigenvalue weighted by Crippen LogP contribution is -2.25. The maximum absolute atomic E-state index is 12.0. The first-order valence-electron chi connectivity index (χ1n) is 8.03. The summed E-state index contributed by atoms with van der Waals surface area (Å²) in [4.78, 5) is 12.0. The second-order valence-electron chi connectivity index (χ2n) is 5.78. The highest BCUT2D eigenvalue weighted by molar-refractivity contribution is 6.43. The van der Waals surface area contributed by atoms with Crippen LogP contribution < -0.4 is 10.2 Å². The molecule has 0 unspecified atom stereocenters. The third kappa shape index (κ3) is 4.92. The second kappa shape index (κ2) is 8.61. The van der Waals surface area contributed by atoms with Gasteiger partial charge in [-0.15, -0.1) is 0 Å². The second-order valence-corrected chi connectivity index (χ2v) is 7.00. The molecule has 4 nitrogen and oxygen atoms in total. The first-order chi connectivity index (χ1) is 12.9. The SMILES string of the molecule is C/C(=N\NC(=O)COc1cc(Cl)c(Cl)cc1Cl)c1ccc2ccccc2c1. The van der Waals surface area contributed by atoms with Crippen LogP contribution in [0.4, 0.5) is 0 Å². The molecule has 1 N–H and O–H groups in total. The number of hydrogen-bond donors (Lipinski definition) is 1. The molecule has 0 saturated carbocycles. The maximum Gasteiger partial charge on any atom is 0.277 e. The van der Waals surface area contributed by atoms with Gasteiger partial charge in [0.15, 0.2) is 6.61 Å². The number of carbonyl (C=O) groups is 1. The number of carbonyl (C=O) groups excluding carboxylic acids is 1. The van der Waals surface area contributed by atoms with Gasteiger partial charge in [0.05, 0.1) is 20.8 Å². The van der Waals surface area contributed by atoms with Gasteiger partial charge >= 0.3 is 0 Å². The van der Waals surface area contributed by atoms with Gasteiger partial charge in [0.2, 0.25) is 0 Å². The summed E-state index contributed by atoms with van der Waals surface area (Å²) >= 11 is 17.8. The van der Waals surface area contributed by atoms with Crippen LogP contribution in [0.5, 0.6) is 5.75 Å². The van der Waals surface area contributed by atoms with Crippen molar-refractivity contribution in [2.24, 2.45) is 5.10 Å². The Morgan fingerprint density at radius 3 is 2.44 bits per heavy atom. The molecule has 0 aliphatic rings. The quantitative estimate of drug-likeness (QED) is 0.325. The number of benzene rings is 3. The molecule has 0 aliphatic heterocycles. The van der Waals surface area contributed by atoms with Crippen molar-refractivity contribution in [2.75, 3.05) is 6.61 Å². The summed E-state index contributed by atoms with van der Waals surface area (Å²) < 4.78 is 5.37. The number of hydrazone groups is 1. The van der Waals surface area contributed by atoms with Gasteiger partial charge in [0, 0.05) is 6.07 Å². The number of hydrogen-bond acceptors (Lipinski definition) is 3. The van der Waals surface area contributed by atoms with Crippen LogP contribution in [0.2, 0.25) is 15.1 Å². The highest BCUT2D eigenvalue weighted by Crippen LogP contribution is 2.33. The number of amides is 1. The number of fused-ring (bicyclic) bond motifs is 1. The third-order valence-electron chi connectivity index (χ3n) is 3.85. The molecule has 3 aromatic rings. The Balaban J connectivity index is 1.62. The van der Waals surface area contributed by atoms with E-state index in [2.05, 4.69) is 10.5 Å². The molecule has 27 heavy (non-hydrogen) atoms. The monoisotopic (exact) mass is 420 g/mol. The van der Waals surface area contributed by atoms with Crippen molar-refractivity contribution in [3.63, 3.8) is 0 Å². The summed E-state index contributed by atoms with van der Waals surface area (Å²) in [6.45, 7) is 1.56. The summed E-state index contributed by atoms with van der Waals surface area (Å²) in [5.41, 5.74) is 4.07. The molecule has 7 heteroatoms. The largest absolute Gasteiger partial charge is 0.482 e. The van der Waals surface area contributed by atoms with E-state index in [0.29, 0.717) is 15.8 Å². The molecule has 3 rings (SSSR count). The Morgan fingerprint density at radius 2 is 1.67 bits per heavy atom. The molecule has 0 fully saturated rings. The topological polar surface area (TPSA) is 50.7 Å². The lowest BCUT2D eigenvalue weighted by molar-refractivity contribution is -0.123. The van der Waals surface area contributed by atoms with Crippen LogP contribution in [0.25, 0.3) is 10.8 Å². The number of nitrogens with zero attached hydrogens (tertiary/aromatic N) is 1. The molecule has 0 aliphatic carbocycles. The molecular formula is C20H15Cl3N2O2. The van der Waals surface area contributed by atoms with Gasteiger partial charge in [-0.05, 0) is 35.4 Å². The first-order valence-corrected chi connectivity index (χ1v) is 9.17. The van der Waals surface area contributed by atoms with Gasteiger partial charge in [-0.1, -0.05) is 71.2 Å². The van der Waals surface area contributed by atoms with Crippen LogP contribution >= 0.6 is 34.8 Å². The van der Waals surface area contributed by atoms with Crippen molar-refractivity contribution in [3.05, 3.63) is 75.2 Å². The van der Waals surface area contributed by atoms with Gasteiger partial charge in [0.25, 0.3) is 5.91 Å². The number of rotatable bonds is 5. The molecule has 0 atom stereocenters. The molecule has 3 aromatic carbocycles. The highest BCUT2D eigenvalue weighted by Gasteiger charge is 2.09. The number of nitrogens with one attached hydrogen (secondary N) is 1. The Hall–Kier alpha value is -2.27. The average Bonchev–Trinajstić information content (AvgIpc) is 2.67. The van der Waals surface area contributed by atoms with Crippen molar-refractivity contribution in [1.29, 1.82) is 0 Å². The van der Waals surface area contributed by atoms with E-state index in [9.17, 15) is 4.79 Å². The zero-order valence-corrected chi connectivity index (χ0v) is 16.6. The van der Waals surface area contributed by atoms with Crippen LogP contribution in [-0.4, -0.2) is 18.2 Å². The molecule has 0 aromatic heterocycles. The van der Waals surface area contributed by atoms with Crippen molar-refractivity contribution in [3.8, 4) is 5.75 Å². The molecule has 0 spiro atoms. The standard InChI is InChI=1S/C20H15Cl3N2O2/c1-12(14-7-6-13-4-2-3-5-15(13)8-14)24-25-20(26)11-27-19-10-17(22)16(21)9-18(19)23/h2-10H,11H2,1H3,(H,25,26)/b24-12+. The minimum atomic E-state index is -0.419. The van der Waals surface area contributed by atoms with Crippen molar-refractivity contribution >= 4 is 57.2 Å². The van der Waals surface area contributed by atoms with Crippen LogP contribution in [0.1, 0.15) is 12.5 Å². The Kier molecular flexibility index (Phi) is 6.22. The average molecular weight is 422 g/mol. The predicted octanol–water partition coefficient (Wildman–Crippen LogP) is 5.72. The zero-order chi connectivity index (χ0) is 19.4. The van der Waals surface area contributed by atoms with Gasteiger partial charge < -0.3 is 4.74 Å². The van der Waals surface area contributed by atoms with Crippen LogP contribution in [0, 0.1) is 0 Å². The summed E-state index contributed by atoms with van der Waals surface area (Å²) in [7, 11) is 0. The molecule has 1 amide bonds. The maximum atomic E-state index is 12.0. The van der Waals surface area contributed by atoms with Crippen molar-refractivity contribution in [1.82, 2.24) is 5.43 Å². The fourth-order valence-electron chi connectivity index (χ4n) is 2.42. The predicted molar refractivity (Wildman–Crippen MR) is 111 cm³/mol. The van der Waals surface area contributed by atoms with Crippen LogP contribution in [0.15, 0.2) is 59.7 Å². The van der Waals surface area contributed by atoms with Gasteiger partial charge in [-0.2, -0.15) is 5.10 Å². The number of halogens is 3. The van der Waals surface area contributed by atoms with E-state index in [0.717, 1.165) is 16.3 Å². The lowest BCUT2D eigenvalue weighted by Gasteiger charge is -2.09. The van der Waals surface area contributed by atoms with E-state index < -0.39 is 5.91 Å². The molecule has 0 heterocycles. The fraction of sp³-hybridized carbons (Fsp3) is 0.100. The van der Waals surface area contributed by atoms with E-state index in [1.54, 1.807) is 0 Å². The van der Waals surface area contributed by atoms with Crippen molar-refractivity contribution < 1.29 is 9.53 Å². The first kappa shape index (κ1) is 19.5. The van der Waals surface area contributed by atoms with Gasteiger partial charge in [0.1, 0.15) is 5.75 Å². The van der Waals surface area contributed by atoms with E-state index in [1.807, 2.05) is 49.4 Å². The minimum absolute atomic E-state index is 0.258. The smallest absolute Gasteiger partial charge is 0.277 e. The van der Waals surface area contributed by atoms with E-state index in [-0.39, 0.29) is 17.4 Å². The summed E-state index contributed by atoms with van der Waals surface area (Å²) in [6.07, 6.45) is 0. The van der Waals surface area contributed by atoms with Crippen LogP contribution in [0.3, 0.4) is 0 Å². The molecule has 0 bridgehead atoms. The Morgan fingerprint density at radius 1 is 0.963 bits per heavy atom. The zero-order valence-electron chi connectivity index (χ0n) is 14.3. The van der Waals surface area contributed by atoms with Crippen molar-refractivity contribution in [2.45, 2.75) is 6.92 Å².